The summed E-state index contributed by atoms with van der Waals surface area (Å²) in [6.07, 6.45) is 1.92. The van der Waals surface area contributed by atoms with E-state index < -0.39 is 10.0 Å². The van der Waals surface area contributed by atoms with E-state index >= 15 is 0 Å². The van der Waals surface area contributed by atoms with E-state index in [0.717, 1.165) is 18.2 Å². The summed E-state index contributed by atoms with van der Waals surface area (Å²) >= 11 is 0. The highest BCUT2D eigenvalue weighted by Gasteiger charge is 2.15. The lowest BCUT2D eigenvalue weighted by molar-refractivity contribution is -0.123. The number of amides is 1. The smallest absolute Gasteiger partial charge is 0.258 e. The van der Waals surface area contributed by atoms with Crippen LogP contribution in [-0.4, -0.2) is 34.2 Å². The number of hydrogen-bond acceptors (Lipinski definition) is 4. The molecule has 0 aliphatic carbocycles. The molecule has 0 aliphatic heterocycles. The summed E-state index contributed by atoms with van der Waals surface area (Å²) < 4.78 is 29.8. The summed E-state index contributed by atoms with van der Waals surface area (Å²) in [4.78, 5) is 12.3. The molecule has 1 unspecified atom stereocenters. The molecular formula is C21H28N2O4S. The molecule has 1 atom stereocenters. The molecule has 1 amide bonds. The van der Waals surface area contributed by atoms with Crippen molar-refractivity contribution in [1.82, 2.24) is 5.32 Å². The zero-order valence-corrected chi connectivity index (χ0v) is 17.8. The number of anilines is 1. The number of carbonyl (C=O) groups is 1. The molecular weight excluding hydrogens is 376 g/mol. The molecule has 0 spiro atoms. The van der Waals surface area contributed by atoms with E-state index in [2.05, 4.69) is 31.3 Å². The van der Waals surface area contributed by atoms with E-state index in [1.165, 1.54) is 22.5 Å². The Kier molecular flexibility index (Phi) is 7.07. The van der Waals surface area contributed by atoms with Gasteiger partial charge < -0.3 is 10.1 Å². The molecule has 0 bridgehead atoms. The van der Waals surface area contributed by atoms with Gasteiger partial charge in [-0.1, -0.05) is 25.1 Å². The highest BCUT2D eigenvalue weighted by molar-refractivity contribution is 7.92. The molecule has 152 valence electrons. The lowest BCUT2D eigenvalue weighted by atomic mass is 9.99. The van der Waals surface area contributed by atoms with Crippen LogP contribution in [0.3, 0.4) is 0 Å². The topological polar surface area (TPSA) is 75.7 Å². The zero-order valence-electron chi connectivity index (χ0n) is 17.0. The van der Waals surface area contributed by atoms with Crippen LogP contribution >= 0.6 is 0 Å². The molecule has 6 nitrogen and oxygen atoms in total. The molecule has 2 aromatic carbocycles. The van der Waals surface area contributed by atoms with E-state index in [1.807, 2.05) is 13.0 Å². The third-order valence-corrected chi connectivity index (χ3v) is 5.95. The third kappa shape index (κ3) is 5.73. The molecule has 0 heterocycles. The number of nitrogens with zero attached hydrogens (tertiary/aromatic N) is 1. The summed E-state index contributed by atoms with van der Waals surface area (Å²) in [5.41, 5.74) is 4.02. The zero-order chi connectivity index (χ0) is 20.9. The van der Waals surface area contributed by atoms with Crippen LogP contribution in [0.2, 0.25) is 0 Å². The van der Waals surface area contributed by atoms with Gasteiger partial charge in [0.25, 0.3) is 5.91 Å². The van der Waals surface area contributed by atoms with Gasteiger partial charge in [-0.15, -0.1) is 0 Å². The van der Waals surface area contributed by atoms with Gasteiger partial charge in [0, 0.05) is 7.05 Å². The van der Waals surface area contributed by atoms with Gasteiger partial charge in [-0.2, -0.15) is 0 Å². The average Bonchev–Trinajstić information content (AvgIpc) is 2.65. The number of rotatable bonds is 8. The highest BCUT2D eigenvalue weighted by Crippen LogP contribution is 2.21. The summed E-state index contributed by atoms with van der Waals surface area (Å²) in [5, 5.41) is 3.00. The second kappa shape index (κ2) is 9.10. The molecule has 0 aromatic heterocycles. The van der Waals surface area contributed by atoms with Gasteiger partial charge in [0.1, 0.15) is 5.75 Å². The minimum atomic E-state index is -3.31. The Bertz CT molecular complexity index is 924. The Labute approximate surface area is 167 Å². The van der Waals surface area contributed by atoms with Crippen LogP contribution in [-0.2, 0) is 14.8 Å². The fourth-order valence-electron chi connectivity index (χ4n) is 2.73. The molecule has 28 heavy (non-hydrogen) atoms. The van der Waals surface area contributed by atoms with Crippen molar-refractivity contribution in [3.05, 3.63) is 59.2 Å². The first-order chi connectivity index (χ1) is 13.1. The van der Waals surface area contributed by atoms with Gasteiger partial charge in [-0.25, -0.2) is 8.42 Å². The minimum Gasteiger partial charge on any atom is -0.484 e. The van der Waals surface area contributed by atoms with Crippen molar-refractivity contribution in [3.63, 3.8) is 0 Å². The first kappa shape index (κ1) is 21.8. The molecule has 0 radical (unpaired) electrons. The fraction of sp³-hybridized carbons (Fsp3) is 0.381. The van der Waals surface area contributed by atoms with Gasteiger partial charge in [0.15, 0.2) is 6.61 Å². The summed E-state index contributed by atoms with van der Waals surface area (Å²) in [5.74, 6) is 0.294. The number of nitrogens with one attached hydrogen (secondary N) is 1. The van der Waals surface area contributed by atoms with Crippen molar-refractivity contribution in [2.45, 2.75) is 33.2 Å². The van der Waals surface area contributed by atoms with Crippen LogP contribution in [0.1, 0.15) is 36.1 Å². The summed E-state index contributed by atoms with van der Waals surface area (Å²) in [7, 11) is -1.83. The number of carbonyl (C=O) groups excluding carboxylic acids is 1. The molecule has 0 saturated heterocycles. The predicted octanol–water partition coefficient (Wildman–Crippen LogP) is 3.35. The van der Waals surface area contributed by atoms with E-state index in [4.69, 9.17) is 4.74 Å². The third-order valence-electron chi connectivity index (χ3n) is 4.74. The Morgan fingerprint density at radius 2 is 1.75 bits per heavy atom. The van der Waals surface area contributed by atoms with E-state index in [0.29, 0.717) is 11.4 Å². The van der Waals surface area contributed by atoms with Gasteiger partial charge in [-0.05, 0) is 61.2 Å². The van der Waals surface area contributed by atoms with Gasteiger partial charge in [0.05, 0.1) is 18.0 Å². The van der Waals surface area contributed by atoms with Crippen molar-refractivity contribution in [1.29, 1.82) is 0 Å². The molecule has 7 heteroatoms. The number of ether oxygens (including phenoxy) is 1. The molecule has 2 aromatic rings. The average molecular weight is 405 g/mol. The van der Waals surface area contributed by atoms with Crippen LogP contribution in [0.5, 0.6) is 5.75 Å². The van der Waals surface area contributed by atoms with Crippen LogP contribution in [0.4, 0.5) is 5.69 Å². The Morgan fingerprint density at radius 3 is 2.29 bits per heavy atom. The van der Waals surface area contributed by atoms with Crippen molar-refractivity contribution in [2.24, 2.45) is 0 Å². The van der Waals surface area contributed by atoms with Crippen LogP contribution in [0, 0.1) is 13.8 Å². The number of benzene rings is 2. The van der Waals surface area contributed by atoms with Crippen LogP contribution < -0.4 is 14.4 Å². The van der Waals surface area contributed by atoms with E-state index in [9.17, 15) is 13.2 Å². The maximum absolute atomic E-state index is 12.3. The number of aryl methyl sites for hydroxylation is 2. The lowest BCUT2D eigenvalue weighted by Crippen LogP contribution is -2.32. The van der Waals surface area contributed by atoms with Gasteiger partial charge in [0.2, 0.25) is 10.0 Å². The number of sulfonamides is 1. The second-order valence-corrected chi connectivity index (χ2v) is 8.90. The normalized spacial score (nSPS) is 12.3. The summed E-state index contributed by atoms with van der Waals surface area (Å²) in [6, 6.07) is 12.7. The standard InChI is InChI=1S/C21H28N2O4S/c1-6-20(17-8-7-15(2)16(3)13-17)22-21(24)14-27-19-11-9-18(10-12-19)23(4)28(5,25)26/h7-13,20H,6,14H2,1-5H3,(H,22,24). The van der Waals surface area contributed by atoms with E-state index in [1.54, 1.807) is 24.3 Å². The van der Waals surface area contributed by atoms with Gasteiger partial charge in [-0.3, -0.25) is 9.10 Å². The molecule has 0 saturated carbocycles. The van der Waals surface area contributed by atoms with Gasteiger partial charge >= 0.3 is 0 Å². The number of hydrogen-bond donors (Lipinski definition) is 1. The first-order valence-electron chi connectivity index (χ1n) is 9.15. The van der Waals surface area contributed by atoms with Crippen LogP contribution in [0.15, 0.2) is 42.5 Å². The highest BCUT2D eigenvalue weighted by atomic mass is 32.2. The Morgan fingerprint density at radius 1 is 1.11 bits per heavy atom. The van der Waals surface area contributed by atoms with Crippen LogP contribution in [0.25, 0.3) is 0 Å². The maximum Gasteiger partial charge on any atom is 0.258 e. The maximum atomic E-state index is 12.3. The lowest BCUT2D eigenvalue weighted by Gasteiger charge is -2.19. The first-order valence-corrected chi connectivity index (χ1v) is 11.0. The SMILES string of the molecule is CCC(NC(=O)COc1ccc(N(C)S(C)(=O)=O)cc1)c1ccc(C)c(C)c1. The van der Waals surface area contributed by atoms with Crippen molar-refractivity contribution in [3.8, 4) is 5.75 Å². The van der Waals surface area contributed by atoms with Crippen molar-refractivity contribution >= 4 is 21.6 Å². The predicted molar refractivity (Wildman–Crippen MR) is 112 cm³/mol. The minimum absolute atomic E-state index is 0.0683. The summed E-state index contributed by atoms with van der Waals surface area (Å²) in [6.45, 7) is 6.04. The molecule has 2 rings (SSSR count). The molecule has 1 N–H and O–H groups in total. The van der Waals surface area contributed by atoms with E-state index in [-0.39, 0.29) is 18.6 Å². The van der Waals surface area contributed by atoms with Crippen molar-refractivity contribution < 1.29 is 17.9 Å². The second-order valence-electron chi connectivity index (χ2n) is 6.89. The monoisotopic (exact) mass is 404 g/mol. The Hall–Kier alpha value is -2.54. The molecule has 0 fully saturated rings. The Balaban J connectivity index is 1.95. The fourth-order valence-corrected chi connectivity index (χ4v) is 3.24. The quantitative estimate of drug-likeness (QED) is 0.732. The largest absolute Gasteiger partial charge is 0.484 e. The van der Waals surface area contributed by atoms with Crippen molar-refractivity contribution in [2.75, 3.05) is 24.2 Å². The molecule has 0 aliphatic rings.